The molecule has 1 N–H and O–H groups in total. The standard InChI is InChI=1S/C19H23NO3S2/c1-13(2)14-5-7-15(8-6-14)18(17-4-3-10-24-17)20-19(21)16-9-11-25(22,23)12-16/h3-8,10,13,16,18H,9,11-12H2,1-2H3,(H,20,21). The molecule has 1 aromatic heterocycles. The van der Waals surface area contributed by atoms with Gasteiger partial charge in [-0.1, -0.05) is 44.2 Å². The molecule has 0 saturated carbocycles. The molecule has 0 spiro atoms. The highest BCUT2D eigenvalue weighted by molar-refractivity contribution is 7.91. The van der Waals surface area contributed by atoms with Gasteiger partial charge in [0.1, 0.15) is 0 Å². The van der Waals surface area contributed by atoms with Gasteiger partial charge in [-0.15, -0.1) is 11.3 Å². The smallest absolute Gasteiger partial charge is 0.224 e. The fraction of sp³-hybridized carbons (Fsp3) is 0.421. The van der Waals surface area contributed by atoms with Gasteiger partial charge in [0.05, 0.1) is 23.5 Å². The van der Waals surface area contributed by atoms with Crippen molar-refractivity contribution in [3.8, 4) is 0 Å². The third-order valence-corrected chi connectivity index (χ3v) is 7.36. The molecule has 2 aromatic rings. The summed E-state index contributed by atoms with van der Waals surface area (Å²) in [6.07, 6.45) is 0.414. The van der Waals surface area contributed by atoms with Crippen LogP contribution in [0.3, 0.4) is 0 Å². The van der Waals surface area contributed by atoms with Crippen molar-refractivity contribution in [1.29, 1.82) is 0 Å². The van der Waals surface area contributed by atoms with E-state index in [0.717, 1.165) is 10.4 Å². The van der Waals surface area contributed by atoms with E-state index in [1.807, 2.05) is 29.6 Å². The summed E-state index contributed by atoms with van der Waals surface area (Å²) in [6, 6.07) is 12.0. The van der Waals surface area contributed by atoms with Crippen LogP contribution in [0.5, 0.6) is 0 Å². The summed E-state index contributed by atoms with van der Waals surface area (Å²) in [5, 5.41) is 5.05. The number of hydrogen-bond acceptors (Lipinski definition) is 4. The molecular formula is C19H23NO3S2. The molecule has 6 heteroatoms. The number of rotatable bonds is 5. The van der Waals surface area contributed by atoms with Crippen LogP contribution in [0.2, 0.25) is 0 Å². The Kier molecular flexibility index (Phi) is 5.29. The van der Waals surface area contributed by atoms with E-state index < -0.39 is 15.8 Å². The highest BCUT2D eigenvalue weighted by atomic mass is 32.2. The quantitative estimate of drug-likeness (QED) is 0.867. The number of benzene rings is 1. The number of carbonyl (C=O) groups excluding carboxylic acids is 1. The van der Waals surface area contributed by atoms with Crippen molar-refractivity contribution < 1.29 is 13.2 Å². The Morgan fingerprint density at radius 1 is 1.16 bits per heavy atom. The molecule has 0 aliphatic carbocycles. The first-order chi connectivity index (χ1) is 11.9. The number of carbonyl (C=O) groups is 1. The lowest BCUT2D eigenvalue weighted by Gasteiger charge is -2.20. The van der Waals surface area contributed by atoms with Crippen LogP contribution < -0.4 is 5.32 Å². The van der Waals surface area contributed by atoms with Gasteiger partial charge in [-0.2, -0.15) is 0 Å². The molecule has 134 valence electrons. The SMILES string of the molecule is CC(C)c1ccc(C(NC(=O)C2CCS(=O)(=O)C2)c2cccs2)cc1. The van der Waals surface area contributed by atoms with E-state index in [1.54, 1.807) is 11.3 Å². The second-order valence-corrected chi connectivity index (χ2v) is 10.1. The van der Waals surface area contributed by atoms with E-state index in [-0.39, 0.29) is 23.5 Å². The minimum atomic E-state index is -3.07. The van der Waals surface area contributed by atoms with Crippen molar-refractivity contribution in [2.75, 3.05) is 11.5 Å². The maximum Gasteiger partial charge on any atom is 0.224 e. The summed E-state index contributed by atoms with van der Waals surface area (Å²) >= 11 is 1.59. The molecule has 2 unspecified atom stereocenters. The van der Waals surface area contributed by atoms with Crippen molar-refractivity contribution in [1.82, 2.24) is 5.32 Å². The normalized spacial score (nSPS) is 20.5. The first-order valence-electron chi connectivity index (χ1n) is 8.50. The molecule has 1 fully saturated rings. The van der Waals surface area contributed by atoms with Crippen molar-refractivity contribution in [2.24, 2.45) is 5.92 Å². The Hall–Kier alpha value is -1.66. The van der Waals surface area contributed by atoms with E-state index in [0.29, 0.717) is 12.3 Å². The van der Waals surface area contributed by atoms with Crippen LogP contribution in [0.15, 0.2) is 41.8 Å². The van der Waals surface area contributed by atoms with Gasteiger partial charge >= 0.3 is 0 Å². The van der Waals surface area contributed by atoms with Crippen molar-refractivity contribution >= 4 is 27.1 Å². The maximum atomic E-state index is 12.6. The second kappa shape index (κ2) is 7.30. The van der Waals surface area contributed by atoms with Gasteiger partial charge < -0.3 is 5.32 Å². The summed E-state index contributed by atoms with van der Waals surface area (Å²) < 4.78 is 23.3. The van der Waals surface area contributed by atoms with Crippen LogP contribution in [0, 0.1) is 5.92 Å². The Labute approximate surface area is 153 Å². The predicted octanol–water partition coefficient (Wildman–Crippen LogP) is 3.51. The van der Waals surface area contributed by atoms with Crippen LogP contribution in [0.25, 0.3) is 0 Å². The third kappa shape index (κ3) is 4.30. The lowest BCUT2D eigenvalue weighted by Crippen LogP contribution is -2.34. The summed E-state index contributed by atoms with van der Waals surface area (Å²) in [4.78, 5) is 13.7. The fourth-order valence-corrected chi connectivity index (χ4v) is 5.65. The molecule has 0 radical (unpaired) electrons. The Balaban J connectivity index is 1.82. The lowest BCUT2D eigenvalue weighted by molar-refractivity contribution is -0.124. The molecular weight excluding hydrogens is 354 g/mol. The second-order valence-electron chi connectivity index (χ2n) is 6.88. The minimum Gasteiger partial charge on any atom is -0.344 e. The Morgan fingerprint density at radius 2 is 1.84 bits per heavy atom. The van der Waals surface area contributed by atoms with Gasteiger partial charge in [-0.05, 0) is 34.9 Å². The lowest BCUT2D eigenvalue weighted by atomic mass is 9.98. The zero-order valence-electron chi connectivity index (χ0n) is 14.4. The van der Waals surface area contributed by atoms with Crippen LogP contribution >= 0.6 is 11.3 Å². The molecule has 1 aliphatic heterocycles. The summed E-state index contributed by atoms with van der Waals surface area (Å²) in [6.45, 7) is 4.29. The van der Waals surface area contributed by atoms with Crippen LogP contribution in [-0.2, 0) is 14.6 Å². The van der Waals surface area contributed by atoms with E-state index >= 15 is 0 Å². The summed E-state index contributed by atoms with van der Waals surface area (Å²) in [7, 11) is -3.07. The molecule has 4 nitrogen and oxygen atoms in total. The third-order valence-electron chi connectivity index (χ3n) is 4.65. The zero-order chi connectivity index (χ0) is 18.0. The predicted molar refractivity (Wildman–Crippen MR) is 102 cm³/mol. The molecule has 0 bridgehead atoms. The van der Waals surface area contributed by atoms with E-state index in [4.69, 9.17) is 0 Å². The highest BCUT2D eigenvalue weighted by Gasteiger charge is 2.34. The van der Waals surface area contributed by atoms with Crippen molar-refractivity contribution in [3.63, 3.8) is 0 Å². The first-order valence-corrected chi connectivity index (χ1v) is 11.2. The number of amides is 1. The monoisotopic (exact) mass is 377 g/mol. The number of nitrogens with one attached hydrogen (secondary N) is 1. The number of hydrogen-bond donors (Lipinski definition) is 1. The van der Waals surface area contributed by atoms with Crippen molar-refractivity contribution in [3.05, 3.63) is 57.8 Å². The van der Waals surface area contributed by atoms with Crippen LogP contribution in [0.1, 0.15) is 48.2 Å². The molecule has 1 saturated heterocycles. The van der Waals surface area contributed by atoms with E-state index in [9.17, 15) is 13.2 Å². The van der Waals surface area contributed by atoms with Gasteiger partial charge in [0.25, 0.3) is 0 Å². The fourth-order valence-electron chi connectivity index (χ4n) is 3.11. The molecule has 1 amide bonds. The number of thiophene rings is 1. The van der Waals surface area contributed by atoms with E-state index in [1.165, 1.54) is 5.56 Å². The van der Waals surface area contributed by atoms with Gasteiger partial charge in [-0.25, -0.2) is 8.42 Å². The molecule has 1 aromatic carbocycles. The molecule has 1 aliphatic rings. The summed E-state index contributed by atoms with van der Waals surface area (Å²) in [5.74, 6) is -0.0949. The Bertz CT molecular complexity index is 824. The first kappa shape index (κ1) is 18.1. The van der Waals surface area contributed by atoms with Gasteiger partial charge in [0, 0.05) is 4.88 Å². The largest absolute Gasteiger partial charge is 0.344 e. The topological polar surface area (TPSA) is 63.2 Å². The van der Waals surface area contributed by atoms with Gasteiger partial charge in [0.2, 0.25) is 5.91 Å². The van der Waals surface area contributed by atoms with Gasteiger partial charge in [0.15, 0.2) is 9.84 Å². The average molecular weight is 378 g/mol. The Morgan fingerprint density at radius 3 is 2.36 bits per heavy atom. The molecule has 2 heterocycles. The molecule has 2 atom stereocenters. The van der Waals surface area contributed by atoms with Gasteiger partial charge in [-0.3, -0.25) is 4.79 Å². The van der Waals surface area contributed by atoms with Crippen LogP contribution in [0.4, 0.5) is 0 Å². The molecule has 3 rings (SSSR count). The average Bonchev–Trinajstić information content (AvgIpc) is 3.22. The zero-order valence-corrected chi connectivity index (χ0v) is 16.1. The summed E-state index contributed by atoms with van der Waals surface area (Å²) in [5.41, 5.74) is 2.27. The maximum absolute atomic E-state index is 12.6. The van der Waals surface area contributed by atoms with E-state index in [2.05, 4.69) is 31.3 Å². The highest BCUT2D eigenvalue weighted by Crippen LogP contribution is 2.29. The molecule has 25 heavy (non-hydrogen) atoms. The van der Waals surface area contributed by atoms with Crippen molar-refractivity contribution in [2.45, 2.75) is 32.2 Å². The number of sulfone groups is 1. The minimum absolute atomic E-state index is 0.0394. The van der Waals surface area contributed by atoms with Crippen LogP contribution in [-0.4, -0.2) is 25.8 Å².